The number of aromatic nitrogens is 1. The van der Waals surface area contributed by atoms with Gasteiger partial charge in [0.1, 0.15) is 17.6 Å². The third-order valence-corrected chi connectivity index (χ3v) is 1.91. The van der Waals surface area contributed by atoms with E-state index >= 15 is 0 Å². The maximum Gasteiger partial charge on any atom is 0.122 e. The molecule has 1 aromatic heterocycles. The Bertz CT molecular complexity index is 328. The summed E-state index contributed by atoms with van der Waals surface area (Å²) < 4.78 is 1.84. The molecule has 0 spiro atoms. The molecule has 12 heavy (non-hydrogen) atoms. The average Bonchev–Trinajstić information content (AvgIpc) is 2.28. The van der Waals surface area contributed by atoms with E-state index in [2.05, 4.69) is 6.07 Å². The lowest BCUT2D eigenvalue weighted by Crippen LogP contribution is -2.07. The summed E-state index contributed by atoms with van der Waals surface area (Å²) in [5.74, 6) is 0.696. The van der Waals surface area contributed by atoms with E-state index in [1.807, 2.05) is 31.4 Å². The maximum absolute atomic E-state index is 8.78. The van der Waals surface area contributed by atoms with E-state index in [0.717, 1.165) is 5.56 Å². The van der Waals surface area contributed by atoms with Gasteiger partial charge in [-0.25, -0.2) is 0 Å². The fraction of sp³-hybridized carbons (Fsp3) is 0.444. The Morgan fingerprint density at radius 3 is 2.50 bits per heavy atom. The number of nitrogens with zero attached hydrogens (tertiary/aromatic N) is 2. The van der Waals surface area contributed by atoms with Crippen molar-refractivity contribution in [2.24, 2.45) is 0 Å². The van der Waals surface area contributed by atoms with Crippen LogP contribution in [0.15, 0.2) is 6.07 Å². The lowest BCUT2D eigenvalue weighted by Gasteiger charge is -2.11. The first-order chi connectivity index (χ1) is 5.57. The average molecular weight is 163 g/mol. The minimum absolute atomic E-state index is 0.244. The van der Waals surface area contributed by atoms with E-state index in [9.17, 15) is 0 Å². The molecule has 0 aliphatic carbocycles. The van der Waals surface area contributed by atoms with Crippen molar-refractivity contribution in [2.75, 3.05) is 5.73 Å². The van der Waals surface area contributed by atoms with Crippen LogP contribution in [0.3, 0.4) is 0 Å². The van der Waals surface area contributed by atoms with E-state index in [-0.39, 0.29) is 6.04 Å². The highest BCUT2D eigenvalue weighted by Gasteiger charge is 2.11. The molecule has 3 nitrogen and oxygen atoms in total. The standard InChI is InChI=1S/C9H13N3/c1-6(2)12-8(5-10)4-7(3)9(12)11/h4,6H,11H2,1-3H3. The van der Waals surface area contributed by atoms with Crippen molar-refractivity contribution in [3.05, 3.63) is 17.3 Å². The first-order valence-electron chi connectivity index (χ1n) is 3.95. The molecule has 0 radical (unpaired) electrons. The zero-order chi connectivity index (χ0) is 9.30. The van der Waals surface area contributed by atoms with Crippen LogP contribution >= 0.6 is 0 Å². The highest BCUT2D eigenvalue weighted by atomic mass is 15.1. The molecule has 0 aliphatic rings. The molecule has 1 heterocycles. The number of hydrogen-bond acceptors (Lipinski definition) is 2. The first kappa shape index (κ1) is 8.66. The van der Waals surface area contributed by atoms with Crippen molar-refractivity contribution >= 4 is 5.82 Å². The summed E-state index contributed by atoms with van der Waals surface area (Å²) in [5.41, 5.74) is 7.40. The van der Waals surface area contributed by atoms with Crippen molar-refractivity contribution in [3.8, 4) is 6.07 Å². The number of aryl methyl sites for hydroxylation is 1. The van der Waals surface area contributed by atoms with Crippen LogP contribution in [-0.2, 0) is 0 Å². The Morgan fingerprint density at radius 2 is 2.17 bits per heavy atom. The van der Waals surface area contributed by atoms with Crippen LogP contribution in [0.5, 0.6) is 0 Å². The second-order valence-electron chi connectivity index (χ2n) is 3.17. The van der Waals surface area contributed by atoms with E-state index in [1.54, 1.807) is 0 Å². The summed E-state index contributed by atoms with van der Waals surface area (Å²) in [6, 6.07) is 4.18. The number of nitrogen functional groups attached to an aromatic ring is 1. The Hall–Kier alpha value is -1.43. The third-order valence-electron chi connectivity index (χ3n) is 1.91. The highest BCUT2D eigenvalue weighted by molar-refractivity contribution is 5.48. The van der Waals surface area contributed by atoms with Crippen molar-refractivity contribution < 1.29 is 0 Å². The third kappa shape index (κ3) is 1.16. The van der Waals surface area contributed by atoms with E-state index < -0.39 is 0 Å². The molecule has 2 N–H and O–H groups in total. The Labute approximate surface area is 72.4 Å². The predicted molar refractivity (Wildman–Crippen MR) is 48.7 cm³/mol. The van der Waals surface area contributed by atoms with Gasteiger partial charge in [0.15, 0.2) is 0 Å². The fourth-order valence-electron chi connectivity index (χ4n) is 1.31. The van der Waals surface area contributed by atoms with Crippen LogP contribution in [0.2, 0.25) is 0 Å². The summed E-state index contributed by atoms with van der Waals surface area (Å²) in [6.07, 6.45) is 0. The Balaban J connectivity index is 3.34. The summed E-state index contributed by atoms with van der Waals surface area (Å²) in [5, 5.41) is 8.78. The minimum Gasteiger partial charge on any atom is -0.385 e. The van der Waals surface area contributed by atoms with E-state index in [4.69, 9.17) is 11.0 Å². The van der Waals surface area contributed by atoms with Crippen molar-refractivity contribution in [3.63, 3.8) is 0 Å². The second kappa shape index (κ2) is 2.90. The summed E-state index contributed by atoms with van der Waals surface area (Å²) in [4.78, 5) is 0. The molecule has 0 aliphatic heterocycles. The molecule has 0 saturated carbocycles. The monoisotopic (exact) mass is 163 g/mol. The number of anilines is 1. The number of hydrogen-bond donors (Lipinski definition) is 1. The zero-order valence-electron chi connectivity index (χ0n) is 7.63. The molecule has 0 saturated heterocycles. The van der Waals surface area contributed by atoms with Crippen LogP contribution in [0.4, 0.5) is 5.82 Å². The van der Waals surface area contributed by atoms with Gasteiger partial charge in [0.25, 0.3) is 0 Å². The molecule has 0 unspecified atom stereocenters. The molecular formula is C9H13N3. The number of rotatable bonds is 1. The van der Waals surface area contributed by atoms with Crippen LogP contribution in [-0.4, -0.2) is 4.57 Å². The quantitative estimate of drug-likeness (QED) is 0.686. The second-order valence-corrected chi connectivity index (χ2v) is 3.17. The number of nitriles is 1. The normalized spacial score (nSPS) is 10.2. The maximum atomic E-state index is 8.78. The lowest BCUT2D eigenvalue weighted by atomic mass is 10.3. The van der Waals surface area contributed by atoms with Gasteiger partial charge in [-0.2, -0.15) is 5.26 Å². The van der Waals surface area contributed by atoms with Crippen LogP contribution in [0.1, 0.15) is 31.1 Å². The Morgan fingerprint density at radius 1 is 1.58 bits per heavy atom. The largest absolute Gasteiger partial charge is 0.385 e. The van der Waals surface area contributed by atoms with E-state index in [1.165, 1.54) is 0 Å². The van der Waals surface area contributed by atoms with Crippen molar-refractivity contribution in [1.29, 1.82) is 5.26 Å². The molecule has 3 heteroatoms. The predicted octanol–water partition coefficient (Wildman–Crippen LogP) is 1.83. The van der Waals surface area contributed by atoms with Gasteiger partial charge < -0.3 is 10.3 Å². The lowest BCUT2D eigenvalue weighted by molar-refractivity contribution is 0.605. The molecule has 0 atom stereocenters. The van der Waals surface area contributed by atoms with Gasteiger partial charge >= 0.3 is 0 Å². The van der Waals surface area contributed by atoms with Crippen LogP contribution < -0.4 is 5.73 Å². The zero-order valence-corrected chi connectivity index (χ0v) is 7.63. The van der Waals surface area contributed by atoms with Gasteiger partial charge in [-0.1, -0.05) is 0 Å². The topological polar surface area (TPSA) is 54.7 Å². The summed E-state index contributed by atoms with van der Waals surface area (Å²) in [6.45, 7) is 5.93. The van der Waals surface area contributed by atoms with Gasteiger partial charge in [-0.05, 0) is 32.4 Å². The van der Waals surface area contributed by atoms with Gasteiger partial charge in [0.2, 0.25) is 0 Å². The van der Waals surface area contributed by atoms with Crippen LogP contribution in [0.25, 0.3) is 0 Å². The molecule has 1 aromatic rings. The highest BCUT2D eigenvalue weighted by Crippen LogP contribution is 2.21. The number of nitrogens with two attached hydrogens (primary N) is 1. The molecule has 0 fully saturated rings. The first-order valence-corrected chi connectivity index (χ1v) is 3.95. The van der Waals surface area contributed by atoms with Gasteiger partial charge in [0, 0.05) is 6.04 Å². The smallest absolute Gasteiger partial charge is 0.122 e. The molecule has 1 rings (SSSR count). The van der Waals surface area contributed by atoms with Crippen molar-refractivity contribution in [2.45, 2.75) is 26.8 Å². The van der Waals surface area contributed by atoms with Gasteiger partial charge in [0.05, 0.1) is 0 Å². The van der Waals surface area contributed by atoms with E-state index in [0.29, 0.717) is 11.5 Å². The van der Waals surface area contributed by atoms with Gasteiger partial charge in [-0.15, -0.1) is 0 Å². The molecular weight excluding hydrogens is 150 g/mol. The Kier molecular flexibility index (Phi) is 2.09. The summed E-state index contributed by atoms with van der Waals surface area (Å²) >= 11 is 0. The van der Waals surface area contributed by atoms with Crippen molar-refractivity contribution in [1.82, 2.24) is 4.57 Å². The molecule has 0 aromatic carbocycles. The molecule has 0 amide bonds. The molecule has 0 bridgehead atoms. The van der Waals surface area contributed by atoms with Crippen LogP contribution in [0, 0.1) is 18.3 Å². The fourth-order valence-corrected chi connectivity index (χ4v) is 1.31. The SMILES string of the molecule is Cc1cc(C#N)n(C(C)C)c1N. The minimum atomic E-state index is 0.244. The summed E-state index contributed by atoms with van der Waals surface area (Å²) in [7, 11) is 0. The molecule has 64 valence electrons. The van der Waals surface area contributed by atoms with Gasteiger partial charge in [-0.3, -0.25) is 0 Å².